The third kappa shape index (κ3) is 4.31. The van der Waals surface area contributed by atoms with Crippen LogP contribution in [0.15, 0.2) is 46.9 Å². The lowest BCUT2D eigenvalue weighted by molar-refractivity contribution is 0.0566. The van der Waals surface area contributed by atoms with Crippen molar-refractivity contribution in [2.45, 2.75) is 26.4 Å². The van der Waals surface area contributed by atoms with E-state index in [9.17, 15) is 5.11 Å². The normalized spacial score (nSPS) is 14.5. The summed E-state index contributed by atoms with van der Waals surface area (Å²) < 4.78 is 5.48. The predicted octanol–water partition coefficient (Wildman–Crippen LogP) is 3.41. The lowest BCUT2D eigenvalue weighted by Gasteiger charge is -2.23. The molecular weight excluding hydrogens is 262 g/mol. The van der Waals surface area contributed by atoms with Gasteiger partial charge in [0, 0.05) is 18.7 Å². The molecule has 0 aliphatic carbocycles. The van der Waals surface area contributed by atoms with E-state index in [1.54, 1.807) is 6.92 Å². The molecule has 112 valence electrons. The van der Waals surface area contributed by atoms with Crippen molar-refractivity contribution in [2.75, 3.05) is 13.1 Å². The van der Waals surface area contributed by atoms with E-state index >= 15 is 0 Å². The molecule has 3 nitrogen and oxygen atoms in total. The molecule has 1 heterocycles. The molecule has 0 spiro atoms. The van der Waals surface area contributed by atoms with Gasteiger partial charge in [0.15, 0.2) is 0 Å². The maximum absolute atomic E-state index is 10.5. The zero-order chi connectivity index (χ0) is 15.3. The Labute approximate surface area is 126 Å². The third-order valence-electron chi connectivity index (χ3n) is 3.46. The predicted molar refractivity (Wildman–Crippen MR) is 86.1 cm³/mol. The summed E-state index contributed by atoms with van der Waals surface area (Å²) in [4.78, 5) is 0. The fraction of sp³-hybridized carbons (Fsp3) is 0.333. The molecule has 0 bridgehead atoms. The Morgan fingerprint density at radius 1 is 1.24 bits per heavy atom. The summed E-state index contributed by atoms with van der Waals surface area (Å²) in [5.41, 5.74) is 1.09. The Bertz CT molecular complexity index is 597. The van der Waals surface area contributed by atoms with Crippen LogP contribution in [0.3, 0.4) is 0 Å². The second-order valence-electron chi connectivity index (χ2n) is 5.54. The summed E-state index contributed by atoms with van der Waals surface area (Å²) in [5, 5.41) is 13.8. The molecule has 21 heavy (non-hydrogen) atoms. The number of benzene rings is 1. The molecule has 1 aromatic carbocycles. The molecule has 1 aromatic heterocycles. The molecule has 1 atom stereocenters. The molecular formula is C18H23NO2. The molecule has 0 aliphatic heterocycles. The zero-order valence-electron chi connectivity index (χ0n) is 12.9. The van der Waals surface area contributed by atoms with Gasteiger partial charge in [-0.05, 0) is 32.4 Å². The average Bonchev–Trinajstić information content (AvgIpc) is 2.79. The minimum absolute atomic E-state index is 0.478. The van der Waals surface area contributed by atoms with Crippen LogP contribution in [0.25, 0.3) is 6.08 Å². The van der Waals surface area contributed by atoms with Crippen LogP contribution in [-0.4, -0.2) is 18.2 Å². The molecule has 2 rings (SSSR count). The van der Waals surface area contributed by atoms with E-state index in [1.807, 2.05) is 38.1 Å². The lowest BCUT2D eigenvalue weighted by Crippen LogP contribution is -2.35. The summed E-state index contributed by atoms with van der Waals surface area (Å²) in [5.74, 6) is 1.60. The molecule has 2 aromatic rings. The Morgan fingerprint density at radius 2 is 1.95 bits per heavy atom. The van der Waals surface area contributed by atoms with E-state index in [-0.39, 0.29) is 0 Å². The fourth-order valence-electron chi connectivity index (χ4n) is 2.42. The zero-order valence-corrected chi connectivity index (χ0v) is 12.9. The minimum Gasteiger partial charge on any atom is -0.466 e. The van der Waals surface area contributed by atoms with Gasteiger partial charge in [-0.2, -0.15) is 0 Å². The number of hydrogen-bond donors (Lipinski definition) is 2. The first-order valence-corrected chi connectivity index (χ1v) is 7.21. The molecule has 3 heteroatoms. The van der Waals surface area contributed by atoms with Gasteiger partial charge in [0.2, 0.25) is 0 Å². The van der Waals surface area contributed by atoms with Gasteiger partial charge in [0.25, 0.3) is 0 Å². The number of aryl methyl sites for hydroxylation is 2. The largest absolute Gasteiger partial charge is 0.466 e. The fourth-order valence-corrected chi connectivity index (χ4v) is 2.42. The van der Waals surface area contributed by atoms with E-state index < -0.39 is 5.60 Å². The summed E-state index contributed by atoms with van der Waals surface area (Å²) in [7, 11) is 0. The highest BCUT2D eigenvalue weighted by Crippen LogP contribution is 2.26. The van der Waals surface area contributed by atoms with E-state index in [0.29, 0.717) is 13.1 Å². The molecule has 2 N–H and O–H groups in total. The van der Waals surface area contributed by atoms with Gasteiger partial charge in [0.1, 0.15) is 17.1 Å². The van der Waals surface area contributed by atoms with Crippen LogP contribution < -0.4 is 5.32 Å². The monoisotopic (exact) mass is 285 g/mol. The van der Waals surface area contributed by atoms with Crippen LogP contribution in [-0.2, 0) is 5.60 Å². The van der Waals surface area contributed by atoms with Gasteiger partial charge < -0.3 is 14.8 Å². The number of rotatable bonds is 6. The van der Waals surface area contributed by atoms with Crippen LogP contribution in [0, 0.1) is 13.8 Å². The van der Waals surface area contributed by atoms with Crippen molar-refractivity contribution in [1.29, 1.82) is 0 Å². The van der Waals surface area contributed by atoms with Gasteiger partial charge in [-0.3, -0.25) is 0 Å². The van der Waals surface area contributed by atoms with Gasteiger partial charge in [0.05, 0.1) is 0 Å². The van der Waals surface area contributed by atoms with Crippen LogP contribution in [0.4, 0.5) is 0 Å². The Morgan fingerprint density at radius 3 is 2.57 bits per heavy atom. The quantitative estimate of drug-likeness (QED) is 0.800. The van der Waals surface area contributed by atoms with Crippen LogP contribution in [0.2, 0.25) is 0 Å². The van der Waals surface area contributed by atoms with Gasteiger partial charge >= 0.3 is 0 Å². The average molecular weight is 285 g/mol. The first kappa shape index (κ1) is 15.5. The molecule has 0 saturated carbocycles. The number of hydrogen-bond acceptors (Lipinski definition) is 3. The van der Waals surface area contributed by atoms with E-state index in [1.165, 1.54) is 5.56 Å². The van der Waals surface area contributed by atoms with E-state index in [0.717, 1.165) is 17.1 Å². The lowest BCUT2D eigenvalue weighted by atomic mass is 9.96. The van der Waals surface area contributed by atoms with Crippen molar-refractivity contribution < 1.29 is 9.52 Å². The van der Waals surface area contributed by atoms with Gasteiger partial charge in [-0.15, -0.1) is 0 Å². The minimum atomic E-state index is -0.928. The number of nitrogens with one attached hydrogen (secondary N) is 1. The highest BCUT2D eigenvalue weighted by Gasteiger charge is 2.26. The van der Waals surface area contributed by atoms with Crippen LogP contribution >= 0.6 is 0 Å². The maximum Gasteiger partial charge on any atom is 0.107 e. The summed E-state index contributed by atoms with van der Waals surface area (Å²) in [6, 6.07) is 12.1. The van der Waals surface area contributed by atoms with Crippen molar-refractivity contribution in [3.8, 4) is 0 Å². The second kappa shape index (κ2) is 6.74. The SMILES string of the molecule is Cc1cc(C(C)(O)CNCC=Cc2ccccc2)c(C)o1. The number of furan rings is 1. The first-order valence-electron chi connectivity index (χ1n) is 7.21. The molecule has 0 radical (unpaired) electrons. The summed E-state index contributed by atoms with van der Waals surface area (Å²) >= 11 is 0. The van der Waals surface area contributed by atoms with Crippen molar-refractivity contribution in [2.24, 2.45) is 0 Å². The first-order chi connectivity index (χ1) is 9.99. The second-order valence-corrected chi connectivity index (χ2v) is 5.54. The van der Waals surface area contributed by atoms with Crippen molar-refractivity contribution in [3.63, 3.8) is 0 Å². The van der Waals surface area contributed by atoms with E-state index in [4.69, 9.17) is 4.42 Å². The summed E-state index contributed by atoms with van der Waals surface area (Å²) in [6.07, 6.45) is 4.12. The molecule has 1 unspecified atom stereocenters. The topological polar surface area (TPSA) is 45.4 Å². The molecule has 0 saturated heterocycles. The Hall–Kier alpha value is -1.84. The van der Waals surface area contributed by atoms with Crippen molar-refractivity contribution in [3.05, 3.63) is 65.1 Å². The van der Waals surface area contributed by atoms with Crippen LogP contribution in [0.1, 0.15) is 29.6 Å². The van der Waals surface area contributed by atoms with Crippen LogP contribution in [0.5, 0.6) is 0 Å². The smallest absolute Gasteiger partial charge is 0.107 e. The third-order valence-corrected chi connectivity index (χ3v) is 3.46. The Balaban J connectivity index is 1.85. The van der Waals surface area contributed by atoms with Crippen molar-refractivity contribution in [1.82, 2.24) is 5.32 Å². The maximum atomic E-state index is 10.5. The molecule has 0 amide bonds. The molecule has 0 aliphatic rings. The van der Waals surface area contributed by atoms with Crippen molar-refractivity contribution >= 4 is 6.08 Å². The molecule has 0 fully saturated rings. The standard InChI is InChI=1S/C18H23NO2/c1-14-12-17(15(2)21-14)18(3,20)13-19-11-7-10-16-8-5-4-6-9-16/h4-10,12,19-20H,11,13H2,1-3H3. The Kier molecular flexibility index (Phi) is 4.99. The van der Waals surface area contributed by atoms with Gasteiger partial charge in [-0.25, -0.2) is 0 Å². The van der Waals surface area contributed by atoms with E-state index in [2.05, 4.69) is 29.6 Å². The number of aliphatic hydroxyl groups is 1. The highest BCUT2D eigenvalue weighted by molar-refractivity contribution is 5.48. The summed E-state index contributed by atoms with van der Waals surface area (Å²) in [6.45, 7) is 6.76. The van der Waals surface area contributed by atoms with Gasteiger partial charge in [-0.1, -0.05) is 42.5 Å². The highest BCUT2D eigenvalue weighted by atomic mass is 16.3.